The highest BCUT2D eigenvalue weighted by Gasteiger charge is 2.26. The monoisotopic (exact) mass is 397 g/mol. The van der Waals surface area contributed by atoms with E-state index in [-0.39, 0.29) is 17.3 Å². The molecule has 0 aliphatic heterocycles. The van der Waals surface area contributed by atoms with Crippen LogP contribution in [-0.4, -0.2) is 46.0 Å². The molecular formula is C18H27N3O5S. The molecule has 1 N–H and O–H groups in total. The second kappa shape index (κ2) is 11.3. The van der Waals surface area contributed by atoms with Gasteiger partial charge in [-0.05, 0) is 31.0 Å². The van der Waals surface area contributed by atoms with Crippen molar-refractivity contribution in [2.45, 2.75) is 45.4 Å². The van der Waals surface area contributed by atoms with Crippen LogP contribution in [0, 0.1) is 0 Å². The minimum absolute atomic E-state index is 0.109. The Kier molecular flexibility index (Phi) is 9.49. The van der Waals surface area contributed by atoms with Crippen molar-refractivity contribution in [1.29, 1.82) is 0 Å². The van der Waals surface area contributed by atoms with Crippen LogP contribution in [0.3, 0.4) is 0 Å². The number of hydrogen-bond donors (Lipinski definition) is 1. The topological polar surface area (TPSA) is 105 Å². The zero-order chi connectivity index (χ0) is 20.4. The summed E-state index contributed by atoms with van der Waals surface area (Å²) in [6.45, 7) is 4.09. The van der Waals surface area contributed by atoms with Crippen LogP contribution in [0.2, 0.25) is 0 Å². The van der Waals surface area contributed by atoms with Gasteiger partial charge in [0.1, 0.15) is 11.4 Å². The van der Waals surface area contributed by atoms with Crippen LogP contribution in [0.25, 0.3) is 0 Å². The van der Waals surface area contributed by atoms with Crippen molar-refractivity contribution < 1.29 is 22.7 Å². The van der Waals surface area contributed by atoms with Gasteiger partial charge in [-0.25, -0.2) is 4.79 Å². The predicted octanol–water partition coefficient (Wildman–Crippen LogP) is 3.24. The Bertz CT molecular complexity index is 784. The fourth-order valence-corrected chi connectivity index (χ4v) is 2.95. The number of ether oxygens (including phenoxy) is 1. The third kappa shape index (κ3) is 6.67. The van der Waals surface area contributed by atoms with Crippen LogP contribution >= 0.6 is 0 Å². The van der Waals surface area contributed by atoms with Crippen molar-refractivity contribution in [2.24, 2.45) is 4.36 Å². The van der Waals surface area contributed by atoms with Gasteiger partial charge in [0.15, 0.2) is 0 Å². The molecule has 1 atom stereocenters. The Balaban J connectivity index is 3.08. The number of hydrogen-bond acceptors (Lipinski definition) is 6. The van der Waals surface area contributed by atoms with Gasteiger partial charge in [-0.3, -0.25) is 9.69 Å². The first-order valence-electron chi connectivity index (χ1n) is 8.87. The number of carbonyl (C=O) groups excluding carboxylic acids is 2. The van der Waals surface area contributed by atoms with Crippen LogP contribution in [0.1, 0.15) is 51.0 Å². The number of nitrogens with one attached hydrogen (secondary N) is 1. The number of benzene rings is 1. The normalized spacial score (nSPS) is 11.4. The largest absolute Gasteiger partial charge is 0.494 e. The zero-order valence-electron chi connectivity index (χ0n) is 16.2. The summed E-state index contributed by atoms with van der Waals surface area (Å²) >= 11 is 0. The molecule has 0 aromatic heterocycles. The highest BCUT2D eigenvalue weighted by atomic mass is 32.2. The molecule has 0 aliphatic rings. The molecule has 9 heteroatoms. The van der Waals surface area contributed by atoms with Gasteiger partial charge in [0, 0.05) is 13.6 Å². The van der Waals surface area contributed by atoms with Gasteiger partial charge in [-0.1, -0.05) is 32.3 Å². The van der Waals surface area contributed by atoms with E-state index in [1.165, 1.54) is 25.1 Å². The minimum Gasteiger partial charge on any atom is -0.494 e. The zero-order valence-corrected chi connectivity index (χ0v) is 17.0. The van der Waals surface area contributed by atoms with E-state index in [1.807, 2.05) is 0 Å². The molecule has 1 rings (SSSR count). The molecule has 0 fully saturated rings. The van der Waals surface area contributed by atoms with Crippen molar-refractivity contribution in [3.8, 4) is 5.75 Å². The molecule has 0 saturated heterocycles. The Hall–Kier alpha value is -2.42. The number of rotatable bonds is 9. The molecule has 27 heavy (non-hydrogen) atoms. The summed E-state index contributed by atoms with van der Waals surface area (Å²) in [5.41, 5.74) is 0.657. The second-order valence-electron chi connectivity index (χ2n) is 6.07. The van der Waals surface area contributed by atoms with Gasteiger partial charge in [0.2, 0.25) is 5.91 Å². The van der Waals surface area contributed by atoms with E-state index >= 15 is 0 Å². The average Bonchev–Trinajstić information content (AvgIpc) is 2.66. The summed E-state index contributed by atoms with van der Waals surface area (Å²) in [7, 11) is 0.233. The molecular weight excluding hydrogens is 370 g/mol. The SMILES string of the molecule is CCCCCCN(C(=O)NC)C(=O)C(C)c1ccc(OC)c(N=S(=O)=O)c1. The van der Waals surface area contributed by atoms with E-state index in [4.69, 9.17) is 4.74 Å². The Morgan fingerprint density at radius 2 is 1.96 bits per heavy atom. The summed E-state index contributed by atoms with van der Waals surface area (Å²) < 4.78 is 30.4. The first-order valence-corrected chi connectivity index (χ1v) is 9.91. The standard InChI is InChI=1S/C18H27N3O5S/c1-5-6-7-8-11-21(18(23)19-3)17(22)13(2)14-9-10-16(26-4)15(12-14)20-27(24)25/h9-10,12-13H,5-8,11H2,1-4H3,(H,19,23). The molecule has 0 radical (unpaired) electrons. The van der Waals surface area contributed by atoms with Crippen molar-refractivity contribution in [3.05, 3.63) is 23.8 Å². The molecule has 1 aromatic rings. The second-order valence-corrected chi connectivity index (χ2v) is 6.68. The average molecular weight is 397 g/mol. The van der Waals surface area contributed by atoms with E-state index in [0.29, 0.717) is 12.1 Å². The number of amides is 3. The lowest BCUT2D eigenvalue weighted by atomic mass is 9.98. The molecule has 0 heterocycles. The summed E-state index contributed by atoms with van der Waals surface area (Å²) in [5, 5.41) is 2.50. The molecule has 1 aromatic carbocycles. The van der Waals surface area contributed by atoms with Crippen molar-refractivity contribution in [1.82, 2.24) is 10.2 Å². The molecule has 150 valence electrons. The van der Waals surface area contributed by atoms with Gasteiger partial charge in [-0.15, -0.1) is 4.36 Å². The van der Waals surface area contributed by atoms with Crippen LogP contribution < -0.4 is 10.1 Å². The number of carbonyl (C=O) groups is 2. The van der Waals surface area contributed by atoms with E-state index in [0.717, 1.165) is 25.7 Å². The third-order valence-electron chi connectivity index (χ3n) is 4.21. The first kappa shape index (κ1) is 22.6. The van der Waals surface area contributed by atoms with Crippen LogP contribution in [0.4, 0.5) is 10.5 Å². The summed E-state index contributed by atoms with van der Waals surface area (Å²) in [5.74, 6) is -0.719. The highest BCUT2D eigenvalue weighted by Crippen LogP contribution is 2.31. The van der Waals surface area contributed by atoms with Crippen molar-refractivity contribution in [3.63, 3.8) is 0 Å². The lowest BCUT2D eigenvalue weighted by molar-refractivity contribution is -0.129. The fraction of sp³-hybridized carbons (Fsp3) is 0.556. The summed E-state index contributed by atoms with van der Waals surface area (Å²) in [6, 6.07) is 4.24. The maximum Gasteiger partial charge on any atom is 0.323 e. The number of unbranched alkanes of at least 4 members (excludes halogenated alkanes) is 3. The van der Waals surface area contributed by atoms with Crippen LogP contribution in [-0.2, 0) is 15.3 Å². The van der Waals surface area contributed by atoms with Crippen molar-refractivity contribution in [2.75, 3.05) is 20.7 Å². The predicted molar refractivity (Wildman–Crippen MR) is 103 cm³/mol. The molecule has 0 bridgehead atoms. The first-order chi connectivity index (χ1) is 12.8. The van der Waals surface area contributed by atoms with E-state index in [9.17, 15) is 18.0 Å². The van der Waals surface area contributed by atoms with Gasteiger partial charge < -0.3 is 10.1 Å². The van der Waals surface area contributed by atoms with Gasteiger partial charge in [-0.2, -0.15) is 8.42 Å². The fourth-order valence-electron chi connectivity index (χ4n) is 2.65. The maximum absolute atomic E-state index is 12.9. The van der Waals surface area contributed by atoms with Crippen molar-refractivity contribution >= 4 is 28.1 Å². The smallest absolute Gasteiger partial charge is 0.323 e. The Labute approximate surface area is 161 Å². The van der Waals surface area contributed by atoms with Crippen LogP contribution in [0.15, 0.2) is 22.6 Å². The molecule has 0 saturated carbocycles. The van der Waals surface area contributed by atoms with Gasteiger partial charge in [0.05, 0.1) is 13.0 Å². The lowest BCUT2D eigenvalue weighted by Gasteiger charge is -2.24. The van der Waals surface area contributed by atoms with E-state index in [2.05, 4.69) is 16.6 Å². The third-order valence-corrected chi connectivity index (χ3v) is 4.55. The molecule has 0 aliphatic carbocycles. The number of imide groups is 1. The summed E-state index contributed by atoms with van der Waals surface area (Å²) in [6.07, 6.45) is 3.77. The van der Waals surface area contributed by atoms with E-state index in [1.54, 1.807) is 19.1 Å². The van der Waals surface area contributed by atoms with E-state index < -0.39 is 22.4 Å². The molecule has 1 unspecified atom stereocenters. The van der Waals surface area contributed by atoms with Gasteiger partial charge >= 0.3 is 16.5 Å². The number of methoxy groups -OCH3 is 1. The number of urea groups is 1. The lowest BCUT2D eigenvalue weighted by Crippen LogP contribution is -2.44. The van der Waals surface area contributed by atoms with Gasteiger partial charge in [0.25, 0.3) is 0 Å². The Morgan fingerprint density at radius 3 is 2.52 bits per heavy atom. The molecule has 8 nitrogen and oxygen atoms in total. The Morgan fingerprint density at radius 1 is 1.26 bits per heavy atom. The molecule has 0 spiro atoms. The quantitative estimate of drug-likeness (QED) is 0.644. The maximum atomic E-state index is 12.9. The minimum atomic E-state index is -2.65. The molecule has 3 amide bonds. The number of nitrogens with zero attached hydrogens (tertiary/aromatic N) is 2. The highest BCUT2D eigenvalue weighted by molar-refractivity contribution is 7.61. The summed E-state index contributed by atoms with van der Waals surface area (Å²) in [4.78, 5) is 26.2. The van der Waals surface area contributed by atoms with Crippen LogP contribution in [0.5, 0.6) is 5.75 Å².